The van der Waals surface area contributed by atoms with Crippen LogP contribution in [-0.4, -0.2) is 30.6 Å². The molecule has 1 N–H and O–H groups in total. The summed E-state index contributed by atoms with van der Waals surface area (Å²) in [4.78, 5) is 21.4. The van der Waals surface area contributed by atoms with Crippen LogP contribution in [0.4, 0.5) is 10.1 Å². The van der Waals surface area contributed by atoms with Crippen LogP contribution >= 0.6 is 0 Å². The van der Waals surface area contributed by atoms with Crippen molar-refractivity contribution in [2.45, 2.75) is 13.0 Å². The average molecular weight is 256 g/mol. The summed E-state index contributed by atoms with van der Waals surface area (Å²) in [6.45, 7) is 2.04. The predicted octanol–water partition coefficient (Wildman–Crippen LogP) is 1.50. The smallest absolute Gasteiger partial charge is 0.305 e. The van der Waals surface area contributed by atoms with Crippen molar-refractivity contribution in [1.82, 2.24) is 5.32 Å². The Morgan fingerprint density at radius 3 is 2.83 bits per heavy atom. The minimum atomic E-state index is -0.971. The molecule has 0 bridgehead atoms. The molecule has 1 amide bonds. The summed E-state index contributed by atoms with van der Waals surface area (Å²) >= 11 is 0. The number of hydrogen-bond donors (Lipinski definition) is 1. The van der Waals surface area contributed by atoms with E-state index in [-0.39, 0.29) is 11.6 Å². The lowest BCUT2D eigenvalue weighted by Crippen LogP contribution is -2.35. The number of nitro groups is 1. The van der Waals surface area contributed by atoms with Crippen molar-refractivity contribution in [2.75, 3.05) is 13.7 Å². The van der Waals surface area contributed by atoms with E-state index in [1.54, 1.807) is 6.92 Å². The second-order valence-electron chi connectivity index (χ2n) is 3.75. The van der Waals surface area contributed by atoms with Crippen LogP contribution in [0.15, 0.2) is 18.2 Å². The molecule has 1 aromatic carbocycles. The molecule has 1 aromatic rings. The molecule has 0 radical (unpaired) electrons. The number of amides is 1. The lowest BCUT2D eigenvalue weighted by atomic mass is 10.1. The number of rotatable bonds is 5. The summed E-state index contributed by atoms with van der Waals surface area (Å²) in [5.74, 6) is -1.48. The number of carbonyl (C=O) groups is 1. The number of methoxy groups -OCH3 is 1. The zero-order valence-corrected chi connectivity index (χ0v) is 9.97. The molecule has 0 aliphatic rings. The summed E-state index contributed by atoms with van der Waals surface area (Å²) in [6, 6.07) is 2.75. The second kappa shape index (κ2) is 6.06. The standard InChI is InChI=1S/C11H13FN2O4/c1-7(6-18-2)13-11(15)8-3-4-9(12)10(5-8)14(16)17/h3-5,7H,6H2,1-2H3,(H,13,15). The summed E-state index contributed by atoms with van der Waals surface area (Å²) in [7, 11) is 1.49. The van der Waals surface area contributed by atoms with Crippen LogP contribution < -0.4 is 5.32 Å². The molecule has 0 fully saturated rings. The quantitative estimate of drug-likeness (QED) is 0.639. The first kappa shape index (κ1) is 14.0. The zero-order chi connectivity index (χ0) is 13.7. The van der Waals surface area contributed by atoms with Gasteiger partial charge in [0.25, 0.3) is 5.91 Å². The van der Waals surface area contributed by atoms with E-state index in [0.717, 1.165) is 12.1 Å². The van der Waals surface area contributed by atoms with E-state index in [4.69, 9.17) is 4.74 Å². The zero-order valence-electron chi connectivity index (χ0n) is 9.97. The van der Waals surface area contributed by atoms with Crippen molar-refractivity contribution < 1.29 is 18.8 Å². The molecular weight excluding hydrogens is 243 g/mol. The predicted molar refractivity (Wildman–Crippen MR) is 61.9 cm³/mol. The molecule has 1 rings (SSSR count). The highest BCUT2D eigenvalue weighted by molar-refractivity contribution is 5.95. The van der Waals surface area contributed by atoms with E-state index in [0.29, 0.717) is 6.61 Å². The molecule has 1 atom stereocenters. The highest BCUT2D eigenvalue weighted by Gasteiger charge is 2.18. The third kappa shape index (κ3) is 3.49. The van der Waals surface area contributed by atoms with Gasteiger partial charge in [0.2, 0.25) is 5.82 Å². The van der Waals surface area contributed by atoms with Gasteiger partial charge in [-0.3, -0.25) is 14.9 Å². The third-order valence-electron chi connectivity index (χ3n) is 2.20. The fourth-order valence-electron chi connectivity index (χ4n) is 1.39. The van der Waals surface area contributed by atoms with E-state index < -0.39 is 22.3 Å². The second-order valence-corrected chi connectivity index (χ2v) is 3.75. The average Bonchev–Trinajstić information content (AvgIpc) is 2.29. The largest absolute Gasteiger partial charge is 0.383 e. The van der Waals surface area contributed by atoms with E-state index >= 15 is 0 Å². The van der Waals surface area contributed by atoms with Crippen LogP contribution in [0.25, 0.3) is 0 Å². The molecule has 18 heavy (non-hydrogen) atoms. The molecule has 1 unspecified atom stereocenters. The van der Waals surface area contributed by atoms with Crippen LogP contribution in [-0.2, 0) is 4.74 Å². The minimum absolute atomic E-state index is 0.0334. The Morgan fingerprint density at radius 2 is 2.28 bits per heavy atom. The highest BCUT2D eigenvalue weighted by atomic mass is 19.1. The third-order valence-corrected chi connectivity index (χ3v) is 2.20. The first-order valence-corrected chi connectivity index (χ1v) is 5.19. The summed E-state index contributed by atoms with van der Waals surface area (Å²) in [6.07, 6.45) is 0. The molecule has 0 spiro atoms. The molecule has 7 heteroatoms. The van der Waals surface area contributed by atoms with Crippen molar-refractivity contribution in [3.63, 3.8) is 0 Å². The van der Waals surface area contributed by atoms with Gasteiger partial charge in [0, 0.05) is 24.8 Å². The Morgan fingerprint density at radius 1 is 1.61 bits per heavy atom. The monoisotopic (exact) mass is 256 g/mol. The molecule has 0 saturated carbocycles. The summed E-state index contributed by atoms with van der Waals surface area (Å²) in [5, 5.41) is 13.1. The molecule has 0 aliphatic heterocycles. The molecule has 0 saturated heterocycles. The fourth-order valence-corrected chi connectivity index (χ4v) is 1.39. The van der Waals surface area contributed by atoms with Gasteiger partial charge in [0.1, 0.15) is 0 Å². The van der Waals surface area contributed by atoms with E-state index in [9.17, 15) is 19.3 Å². The first-order valence-electron chi connectivity index (χ1n) is 5.19. The number of hydrogen-bond acceptors (Lipinski definition) is 4. The number of ether oxygens (including phenoxy) is 1. The Balaban J connectivity index is 2.87. The van der Waals surface area contributed by atoms with Gasteiger partial charge in [-0.15, -0.1) is 0 Å². The topological polar surface area (TPSA) is 81.5 Å². The number of benzene rings is 1. The Kier molecular flexibility index (Phi) is 4.73. The first-order chi connectivity index (χ1) is 8.45. The Hall–Kier alpha value is -2.02. The Bertz CT molecular complexity index is 464. The highest BCUT2D eigenvalue weighted by Crippen LogP contribution is 2.18. The van der Waals surface area contributed by atoms with Crippen molar-refractivity contribution in [2.24, 2.45) is 0 Å². The lowest BCUT2D eigenvalue weighted by Gasteiger charge is -2.12. The Labute approximate surface area is 103 Å². The summed E-state index contributed by atoms with van der Waals surface area (Å²) in [5.41, 5.74) is -0.687. The van der Waals surface area contributed by atoms with Crippen LogP contribution in [0.2, 0.25) is 0 Å². The molecule has 98 valence electrons. The van der Waals surface area contributed by atoms with Crippen LogP contribution in [0, 0.1) is 15.9 Å². The van der Waals surface area contributed by atoms with E-state index in [1.165, 1.54) is 13.2 Å². The number of nitrogens with zero attached hydrogens (tertiary/aromatic N) is 1. The molecule has 0 heterocycles. The van der Waals surface area contributed by atoms with Gasteiger partial charge in [-0.1, -0.05) is 0 Å². The van der Waals surface area contributed by atoms with Crippen molar-refractivity contribution in [3.05, 3.63) is 39.7 Å². The lowest BCUT2D eigenvalue weighted by molar-refractivity contribution is -0.387. The van der Waals surface area contributed by atoms with Gasteiger partial charge in [0.15, 0.2) is 0 Å². The van der Waals surface area contributed by atoms with Gasteiger partial charge < -0.3 is 10.1 Å². The van der Waals surface area contributed by atoms with E-state index in [2.05, 4.69) is 5.32 Å². The van der Waals surface area contributed by atoms with Crippen molar-refractivity contribution in [3.8, 4) is 0 Å². The SMILES string of the molecule is COCC(C)NC(=O)c1ccc(F)c([N+](=O)[O-])c1. The minimum Gasteiger partial charge on any atom is -0.383 e. The number of halogens is 1. The van der Waals surface area contributed by atoms with Gasteiger partial charge in [-0.25, -0.2) is 0 Å². The van der Waals surface area contributed by atoms with Crippen molar-refractivity contribution in [1.29, 1.82) is 0 Å². The molecular formula is C11H13FN2O4. The van der Waals surface area contributed by atoms with Gasteiger partial charge in [-0.05, 0) is 19.1 Å². The number of carbonyl (C=O) groups excluding carboxylic acids is 1. The maximum atomic E-state index is 13.1. The van der Waals surface area contributed by atoms with E-state index in [1.807, 2.05) is 0 Å². The van der Waals surface area contributed by atoms with Gasteiger partial charge in [0.05, 0.1) is 11.5 Å². The van der Waals surface area contributed by atoms with Gasteiger partial charge in [-0.2, -0.15) is 4.39 Å². The van der Waals surface area contributed by atoms with Gasteiger partial charge >= 0.3 is 5.69 Å². The molecule has 0 aromatic heterocycles. The maximum Gasteiger partial charge on any atom is 0.305 e. The molecule has 0 aliphatic carbocycles. The van der Waals surface area contributed by atoms with Crippen molar-refractivity contribution >= 4 is 11.6 Å². The normalized spacial score (nSPS) is 11.9. The van der Waals surface area contributed by atoms with Crippen LogP contribution in [0.3, 0.4) is 0 Å². The maximum absolute atomic E-state index is 13.1. The number of nitro benzene ring substituents is 1. The summed E-state index contributed by atoms with van der Waals surface area (Å²) < 4.78 is 17.9. The van der Waals surface area contributed by atoms with Crippen LogP contribution in [0.1, 0.15) is 17.3 Å². The fraction of sp³-hybridized carbons (Fsp3) is 0.364. The molecule has 6 nitrogen and oxygen atoms in total. The van der Waals surface area contributed by atoms with Crippen LogP contribution in [0.5, 0.6) is 0 Å². The number of nitrogens with one attached hydrogen (secondary N) is 1.